The van der Waals surface area contributed by atoms with Gasteiger partial charge >= 0.3 is 0 Å². The summed E-state index contributed by atoms with van der Waals surface area (Å²) in [5.74, 6) is 0.828. The number of aliphatic imine (C=N–C) groups is 1. The molecule has 1 aromatic carbocycles. The molecule has 1 aromatic rings. The number of hydrogen-bond acceptors (Lipinski definition) is 2. The number of nitrogens with zero attached hydrogens (tertiary/aromatic N) is 1. The van der Waals surface area contributed by atoms with Gasteiger partial charge in [-0.1, -0.05) is 39.0 Å². The SMILES string of the molecule is CC1OC(C(C)(C)C)=Nc2ccccc21. The topological polar surface area (TPSA) is 21.6 Å². The van der Waals surface area contributed by atoms with Gasteiger partial charge in [0.15, 0.2) is 5.90 Å². The molecule has 0 saturated carbocycles. The van der Waals surface area contributed by atoms with Crippen molar-refractivity contribution in [3.8, 4) is 0 Å². The lowest BCUT2D eigenvalue weighted by atomic mass is 9.95. The zero-order valence-corrected chi connectivity index (χ0v) is 9.74. The molecule has 1 heterocycles. The third-order valence-corrected chi connectivity index (χ3v) is 2.53. The minimum atomic E-state index is -0.0260. The maximum Gasteiger partial charge on any atom is 0.194 e. The molecule has 0 N–H and O–H groups in total. The Balaban J connectivity index is 2.48. The van der Waals surface area contributed by atoms with E-state index in [1.165, 1.54) is 5.56 Å². The van der Waals surface area contributed by atoms with Crippen LogP contribution in [0.4, 0.5) is 5.69 Å². The molecule has 2 nitrogen and oxygen atoms in total. The third-order valence-electron chi connectivity index (χ3n) is 2.53. The standard InChI is InChI=1S/C13H17NO/c1-9-10-7-5-6-8-11(10)14-12(15-9)13(2,3)4/h5-9H,1-4H3. The van der Waals surface area contributed by atoms with E-state index in [0.717, 1.165) is 11.6 Å². The van der Waals surface area contributed by atoms with Crippen LogP contribution in [0, 0.1) is 5.41 Å². The summed E-state index contributed by atoms with van der Waals surface area (Å²) in [7, 11) is 0. The fourth-order valence-corrected chi connectivity index (χ4v) is 1.64. The molecule has 1 unspecified atom stereocenters. The van der Waals surface area contributed by atoms with Gasteiger partial charge in [-0.3, -0.25) is 0 Å². The molecule has 0 fully saturated rings. The summed E-state index contributed by atoms with van der Waals surface area (Å²) < 4.78 is 5.83. The van der Waals surface area contributed by atoms with Gasteiger partial charge in [0, 0.05) is 11.0 Å². The quantitative estimate of drug-likeness (QED) is 0.627. The van der Waals surface area contributed by atoms with E-state index < -0.39 is 0 Å². The van der Waals surface area contributed by atoms with E-state index in [-0.39, 0.29) is 11.5 Å². The fourth-order valence-electron chi connectivity index (χ4n) is 1.64. The zero-order chi connectivity index (χ0) is 11.1. The van der Waals surface area contributed by atoms with Gasteiger partial charge in [0.1, 0.15) is 6.10 Å². The van der Waals surface area contributed by atoms with Crippen LogP contribution in [-0.2, 0) is 4.74 Å². The van der Waals surface area contributed by atoms with Crippen LogP contribution in [0.15, 0.2) is 29.3 Å². The molecular weight excluding hydrogens is 186 g/mol. The minimum Gasteiger partial charge on any atom is -0.472 e. The van der Waals surface area contributed by atoms with Crippen LogP contribution in [0.5, 0.6) is 0 Å². The van der Waals surface area contributed by atoms with Crippen molar-refractivity contribution in [2.24, 2.45) is 10.4 Å². The lowest BCUT2D eigenvalue weighted by molar-refractivity contribution is 0.179. The Kier molecular flexibility index (Phi) is 2.29. The van der Waals surface area contributed by atoms with E-state index in [4.69, 9.17) is 4.74 Å². The average molecular weight is 203 g/mol. The van der Waals surface area contributed by atoms with Gasteiger partial charge in [-0.05, 0) is 13.0 Å². The monoisotopic (exact) mass is 203 g/mol. The normalized spacial score (nSPS) is 20.3. The molecule has 2 rings (SSSR count). The van der Waals surface area contributed by atoms with E-state index in [9.17, 15) is 0 Å². The number of rotatable bonds is 0. The van der Waals surface area contributed by atoms with Crippen molar-refractivity contribution in [2.75, 3.05) is 0 Å². The van der Waals surface area contributed by atoms with E-state index >= 15 is 0 Å². The molecule has 0 amide bonds. The van der Waals surface area contributed by atoms with Crippen molar-refractivity contribution in [1.29, 1.82) is 0 Å². The lowest BCUT2D eigenvalue weighted by Crippen LogP contribution is -2.26. The van der Waals surface area contributed by atoms with Crippen LogP contribution < -0.4 is 0 Å². The molecular formula is C13H17NO. The van der Waals surface area contributed by atoms with Crippen molar-refractivity contribution >= 4 is 11.6 Å². The van der Waals surface area contributed by atoms with E-state index in [1.54, 1.807) is 0 Å². The molecule has 1 atom stereocenters. The molecule has 80 valence electrons. The zero-order valence-electron chi connectivity index (χ0n) is 9.74. The lowest BCUT2D eigenvalue weighted by Gasteiger charge is -2.29. The number of ether oxygens (including phenoxy) is 1. The molecule has 1 aliphatic rings. The van der Waals surface area contributed by atoms with Crippen LogP contribution >= 0.6 is 0 Å². The summed E-state index contributed by atoms with van der Waals surface area (Å²) in [6.45, 7) is 8.42. The van der Waals surface area contributed by atoms with Gasteiger partial charge < -0.3 is 4.74 Å². The Bertz CT molecular complexity index is 401. The summed E-state index contributed by atoms with van der Waals surface area (Å²) in [5, 5.41) is 0. The number of hydrogen-bond donors (Lipinski definition) is 0. The largest absolute Gasteiger partial charge is 0.472 e. The van der Waals surface area contributed by atoms with Gasteiger partial charge in [-0.15, -0.1) is 0 Å². The van der Waals surface area contributed by atoms with Gasteiger partial charge in [0.25, 0.3) is 0 Å². The Morgan fingerprint density at radius 2 is 1.87 bits per heavy atom. The van der Waals surface area contributed by atoms with Crippen LogP contribution in [0.2, 0.25) is 0 Å². The third kappa shape index (κ3) is 1.89. The average Bonchev–Trinajstić information content (AvgIpc) is 2.16. The van der Waals surface area contributed by atoms with Crippen molar-refractivity contribution in [1.82, 2.24) is 0 Å². The van der Waals surface area contributed by atoms with Gasteiger partial charge in [0.05, 0.1) is 5.69 Å². The Hall–Kier alpha value is -1.31. The molecule has 0 bridgehead atoms. The Labute approximate surface area is 91.0 Å². The summed E-state index contributed by atoms with van der Waals surface area (Å²) in [6.07, 6.45) is 0.105. The van der Waals surface area contributed by atoms with Crippen LogP contribution in [0.1, 0.15) is 39.4 Å². The Morgan fingerprint density at radius 1 is 1.20 bits per heavy atom. The maximum atomic E-state index is 5.83. The smallest absolute Gasteiger partial charge is 0.194 e. The second-order valence-corrected chi connectivity index (χ2v) is 4.99. The molecule has 0 aliphatic carbocycles. The molecule has 0 aromatic heterocycles. The van der Waals surface area contributed by atoms with E-state index in [0.29, 0.717) is 0 Å². The summed E-state index contributed by atoms with van der Waals surface area (Å²) in [5.41, 5.74) is 2.19. The van der Waals surface area contributed by atoms with Crippen molar-refractivity contribution in [3.63, 3.8) is 0 Å². The van der Waals surface area contributed by atoms with Crippen LogP contribution in [-0.4, -0.2) is 5.90 Å². The minimum absolute atomic E-state index is 0.0260. The van der Waals surface area contributed by atoms with Crippen molar-refractivity contribution < 1.29 is 4.74 Å². The second kappa shape index (κ2) is 3.37. The summed E-state index contributed by atoms with van der Waals surface area (Å²) in [6, 6.07) is 8.15. The number of benzene rings is 1. The van der Waals surface area contributed by atoms with Gasteiger partial charge in [-0.2, -0.15) is 0 Å². The predicted molar refractivity (Wildman–Crippen MR) is 62.5 cm³/mol. The summed E-state index contributed by atoms with van der Waals surface area (Å²) >= 11 is 0. The first-order valence-corrected chi connectivity index (χ1v) is 5.33. The molecule has 0 radical (unpaired) electrons. The molecule has 0 saturated heterocycles. The molecule has 2 heteroatoms. The molecule has 1 aliphatic heterocycles. The number of para-hydroxylation sites is 1. The predicted octanol–water partition coefficient (Wildman–Crippen LogP) is 3.85. The highest BCUT2D eigenvalue weighted by molar-refractivity contribution is 5.86. The highest BCUT2D eigenvalue weighted by atomic mass is 16.5. The maximum absolute atomic E-state index is 5.83. The van der Waals surface area contributed by atoms with Crippen molar-refractivity contribution in [2.45, 2.75) is 33.8 Å². The molecule has 0 spiro atoms. The summed E-state index contributed by atoms with van der Waals surface area (Å²) in [4.78, 5) is 4.56. The highest BCUT2D eigenvalue weighted by Crippen LogP contribution is 2.36. The van der Waals surface area contributed by atoms with Crippen LogP contribution in [0.3, 0.4) is 0 Å². The second-order valence-electron chi connectivity index (χ2n) is 4.99. The number of fused-ring (bicyclic) bond motifs is 1. The van der Waals surface area contributed by atoms with E-state index in [1.807, 2.05) is 18.2 Å². The first-order valence-electron chi connectivity index (χ1n) is 5.33. The van der Waals surface area contributed by atoms with Gasteiger partial charge in [-0.25, -0.2) is 4.99 Å². The van der Waals surface area contributed by atoms with Gasteiger partial charge in [0.2, 0.25) is 0 Å². The highest BCUT2D eigenvalue weighted by Gasteiger charge is 2.27. The first kappa shape index (κ1) is 10.2. The Morgan fingerprint density at radius 3 is 2.53 bits per heavy atom. The van der Waals surface area contributed by atoms with Crippen LogP contribution in [0.25, 0.3) is 0 Å². The van der Waals surface area contributed by atoms with E-state index in [2.05, 4.69) is 38.8 Å². The molecule has 15 heavy (non-hydrogen) atoms. The fraction of sp³-hybridized carbons (Fsp3) is 0.462. The van der Waals surface area contributed by atoms with Crippen molar-refractivity contribution in [3.05, 3.63) is 29.8 Å². The first-order chi connectivity index (χ1) is 6.98.